The SMILES string of the molecule is CC(C)[C@@H]1CCN(CCOc2ccc([C@@H]3Oc4ccc(O)cc4S[C@@H]3c3ccc(O)cc3)cc2)C1. The van der Waals surface area contributed by atoms with Gasteiger partial charge in [0.25, 0.3) is 0 Å². The molecule has 2 N–H and O–H groups in total. The molecule has 2 aliphatic heterocycles. The number of ether oxygens (including phenoxy) is 2. The number of hydrogen-bond donors (Lipinski definition) is 2. The summed E-state index contributed by atoms with van der Waals surface area (Å²) in [5.41, 5.74) is 2.11. The maximum absolute atomic E-state index is 9.95. The van der Waals surface area contributed by atoms with Gasteiger partial charge in [-0.05, 0) is 78.4 Å². The van der Waals surface area contributed by atoms with E-state index in [4.69, 9.17) is 9.47 Å². The average molecular weight is 492 g/mol. The molecule has 2 aliphatic rings. The molecule has 0 spiro atoms. The first-order valence-corrected chi connectivity index (χ1v) is 13.2. The van der Waals surface area contributed by atoms with Gasteiger partial charge < -0.3 is 19.7 Å². The van der Waals surface area contributed by atoms with Crippen LogP contribution in [-0.4, -0.2) is 41.4 Å². The van der Waals surface area contributed by atoms with Gasteiger partial charge in [0.1, 0.15) is 35.7 Å². The molecule has 6 heteroatoms. The zero-order valence-corrected chi connectivity index (χ0v) is 21.1. The summed E-state index contributed by atoms with van der Waals surface area (Å²) in [6.45, 7) is 8.62. The van der Waals surface area contributed by atoms with Crippen LogP contribution in [0.2, 0.25) is 0 Å². The summed E-state index contributed by atoms with van der Waals surface area (Å²) in [7, 11) is 0. The average Bonchev–Trinajstić information content (AvgIpc) is 3.34. The summed E-state index contributed by atoms with van der Waals surface area (Å²) >= 11 is 1.66. The quantitative estimate of drug-likeness (QED) is 0.398. The molecule has 3 aromatic carbocycles. The molecule has 0 saturated carbocycles. The fraction of sp³-hybridized carbons (Fsp3) is 0.379. The third kappa shape index (κ3) is 5.54. The summed E-state index contributed by atoms with van der Waals surface area (Å²) in [6, 6.07) is 20.6. The van der Waals surface area contributed by atoms with Gasteiger partial charge in [0.15, 0.2) is 0 Å². The number of hydrogen-bond acceptors (Lipinski definition) is 6. The van der Waals surface area contributed by atoms with Crippen molar-refractivity contribution in [1.29, 1.82) is 0 Å². The summed E-state index contributed by atoms with van der Waals surface area (Å²) in [5, 5.41) is 19.7. The van der Waals surface area contributed by atoms with Crippen LogP contribution in [0.3, 0.4) is 0 Å². The molecule has 5 nitrogen and oxygen atoms in total. The van der Waals surface area contributed by atoms with Crippen molar-refractivity contribution >= 4 is 11.8 Å². The van der Waals surface area contributed by atoms with Gasteiger partial charge in [-0.1, -0.05) is 38.1 Å². The Kier molecular flexibility index (Phi) is 7.12. The van der Waals surface area contributed by atoms with E-state index < -0.39 is 0 Å². The van der Waals surface area contributed by atoms with Crippen molar-refractivity contribution in [2.75, 3.05) is 26.2 Å². The lowest BCUT2D eigenvalue weighted by Crippen LogP contribution is -2.27. The summed E-state index contributed by atoms with van der Waals surface area (Å²) in [6.07, 6.45) is 1.07. The van der Waals surface area contributed by atoms with E-state index >= 15 is 0 Å². The highest BCUT2D eigenvalue weighted by atomic mass is 32.2. The lowest BCUT2D eigenvalue weighted by atomic mass is 9.95. The van der Waals surface area contributed by atoms with Crippen LogP contribution in [0.5, 0.6) is 23.0 Å². The standard InChI is InChI=1S/C29H33NO4S/c1-19(2)22-13-14-30(18-22)15-16-33-25-10-5-20(6-11-25)28-29(21-3-7-23(31)8-4-21)35-27-17-24(32)9-12-26(27)34-28/h3-12,17,19,22,28-29,31-32H,13-16,18H2,1-2H3/t22-,28+,29-/m1/s1. The van der Waals surface area contributed by atoms with Crippen LogP contribution in [0.1, 0.15) is 42.7 Å². The molecule has 0 radical (unpaired) electrons. The number of phenolic OH excluding ortho intramolecular Hbond substituents is 2. The summed E-state index contributed by atoms with van der Waals surface area (Å²) < 4.78 is 12.5. The van der Waals surface area contributed by atoms with Crippen LogP contribution in [-0.2, 0) is 0 Å². The Labute approximate surface area is 211 Å². The molecule has 0 bridgehead atoms. The molecule has 184 valence electrons. The van der Waals surface area contributed by atoms with Gasteiger partial charge in [0.05, 0.1) is 10.1 Å². The van der Waals surface area contributed by atoms with Gasteiger partial charge in [-0.25, -0.2) is 0 Å². The minimum Gasteiger partial charge on any atom is -0.508 e. The highest BCUT2D eigenvalue weighted by Crippen LogP contribution is 2.54. The summed E-state index contributed by atoms with van der Waals surface area (Å²) in [4.78, 5) is 3.41. The Bertz CT molecular complexity index is 1130. The van der Waals surface area contributed by atoms with Crippen LogP contribution in [0.25, 0.3) is 0 Å². The Morgan fingerprint density at radius 2 is 1.69 bits per heavy atom. The molecule has 35 heavy (non-hydrogen) atoms. The van der Waals surface area contributed by atoms with Crippen LogP contribution < -0.4 is 9.47 Å². The third-order valence-electron chi connectivity index (χ3n) is 7.07. The van der Waals surface area contributed by atoms with Crippen molar-refractivity contribution in [3.63, 3.8) is 0 Å². The number of thioether (sulfide) groups is 1. The van der Waals surface area contributed by atoms with Gasteiger partial charge in [-0.2, -0.15) is 0 Å². The van der Waals surface area contributed by atoms with Crippen molar-refractivity contribution in [3.05, 3.63) is 77.9 Å². The number of phenols is 2. The second-order valence-electron chi connectivity index (χ2n) is 9.81. The molecule has 0 aromatic heterocycles. The lowest BCUT2D eigenvalue weighted by Gasteiger charge is -2.34. The smallest absolute Gasteiger partial charge is 0.140 e. The van der Waals surface area contributed by atoms with E-state index in [0.29, 0.717) is 6.61 Å². The first kappa shape index (κ1) is 23.9. The van der Waals surface area contributed by atoms with Crippen molar-refractivity contribution in [1.82, 2.24) is 4.90 Å². The van der Waals surface area contributed by atoms with Crippen molar-refractivity contribution in [2.45, 2.75) is 36.5 Å². The molecule has 1 fully saturated rings. The predicted molar refractivity (Wildman–Crippen MR) is 140 cm³/mol. The lowest BCUT2D eigenvalue weighted by molar-refractivity contribution is 0.190. The molecular weight excluding hydrogens is 458 g/mol. The molecule has 3 atom stereocenters. The zero-order valence-electron chi connectivity index (χ0n) is 20.3. The molecule has 5 rings (SSSR count). The maximum Gasteiger partial charge on any atom is 0.140 e. The first-order chi connectivity index (χ1) is 17.0. The van der Waals surface area contributed by atoms with E-state index in [-0.39, 0.29) is 22.9 Å². The largest absolute Gasteiger partial charge is 0.508 e. The number of nitrogens with zero attached hydrogens (tertiary/aromatic N) is 1. The molecule has 3 aromatic rings. The van der Waals surface area contributed by atoms with Crippen molar-refractivity contribution in [3.8, 4) is 23.0 Å². The molecule has 1 saturated heterocycles. The Balaban J connectivity index is 1.28. The van der Waals surface area contributed by atoms with Gasteiger partial charge in [0, 0.05) is 13.1 Å². The second kappa shape index (κ2) is 10.4. The van der Waals surface area contributed by atoms with Crippen LogP contribution in [0.4, 0.5) is 0 Å². The Morgan fingerprint density at radius 1 is 0.971 bits per heavy atom. The van der Waals surface area contributed by atoms with Crippen LogP contribution >= 0.6 is 11.8 Å². The van der Waals surface area contributed by atoms with E-state index in [1.54, 1.807) is 36.0 Å². The van der Waals surface area contributed by atoms with E-state index in [2.05, 4.69) is 30.9 Å². The van der Waals surface area contributed by atoms with Crippen molar-refractivity contribution < 1.29 is 19.7 Å². The molecular formula is C29H33NO4S. The van der Waals surface area contributed by atoms with E-state index in [9.17, 15) is 10.2 Å². The van der Waals surface area contributed by atoms with Gasteiger partial charge in [0.2, 0.25) is 0 Å². The second-order valence-corrected chi connectivity index (χ2v) is 11.0. The number of likely N-dealkylation sites (tertiary alicyclic amines) is 1. The zero-order chi connectivity index (χ0) is 24.4. The number of rotatable bonds is 7. The van der Waals surface area contributed by atoms with Gasteiger partial charge in [-0.3, -0.25) is 4.90 Å². The highest BCUT2D eigenvalue weighted by molar-refractivity contribution is 7.99. The van der Waals surface area contributed by atoms with E-state index in [1.807, 2.05) is 30.3 Å². The predicted octanol–water partition coefficient (Wildman–Crippen LogP) is 6.42. The molecule has 2 heterocycles. The van der Waals surface area contributed by atoms with Gasteiger partial charge >= 0.3 is 0 Å². The van der Waals surface area contributed by atoms with Crippen LogP contribution in [0.15, 0.2) is 71.6 Å². The fourth-order valence-corrected chi connectivity index (χ4v) is 6.21. The van der Waals surface area contributed by atoms with Crippen LogP contribution in [0, 0.1) is 11.8 Å². The minimum atomic E-state index is -0.215. The molecule has 0 amide bonds. The minimum absolute atomic E-state index is 0.0271. The monoisotopic (exact) mass is 491 g/mol. The Hall–Kier alpha value is -2.83. The van der Waals surface area contributed by atoms with Gasteiger partial charge in [-0.15, -0.1) is 11.8 Å². The number of benzene rings is 3. The molecule has 0 aliphatic carbocycles. The van der Waals surface area contributed by atoms with Crippen molar-refractivity contribution in [2.24, 2.45) is 11.8 Å². The highest BCUT2D eigenvalue weighted by Gasteiger charge is 2.33. The van der Waals surface area contributed by atoms with E-state index in [0.717, 1.165) is 45.9 Å². The number of fused-ring (bicyclic) bond motifs is 1. The van der Waals surface area contributed by atoms with E-state index in [1.165, 1.54) is 19.5 Å². The normalized spacial score (nSPS) is 22.1. The third-order valence-corrected chi connectivity index (χ3v) is 8.41. The number of aromatic hydroxyl groups is 2. The maximum atomic E-state index is 9.95. The Morgan fingerprint density at radius 3 is 2.40 bits per heavy atom. The summed E-state index contributed by atoms with van der Waals surface area (Å²) in [5.74, 6) is 3.63. The topological polar surface area (TPSA) is 62.2 Å². The molecule has 0 unspecified atom stereocenters. The fourth-order valence-electron chi connectivity index (χ4n) is 4.89. The first-order valence-electron chi connectivity index (χ1n) is 12.4.